The zero-order chi connectivity index (χ0) is 10.2. The lowest BCUT2D eigenvalue weighted by Gasteiger charge is -2.32. The van der Waals surface area contributed by atoms with Gasteiger partial charge in [-0.2, -0.15) is 0 Å². The summed E-state index contributed by atoms with van der Waals surface area (Å²) in [5, 5.41) is 19.5. The summed E-state index contributed by atoms with van der Waals surface area (Å²) >= 11 is 0. The molecular weight excluding hydrogens is 176 g/mol. The average Bonchev–Trinajstić information content (AvgIpc) is 2.90. The Bertz CT molecular complexity index is 196. The third-order valence-electron chi connectivity index (χ3n) is 4.32. The summed E-state index contributed by atoms with van der Waals surface area (Å²) in [4.78, 5) is 0. The molecule has 2 rings (SSSR count). The predicted octanol–water partition coefficient (Wildman–Crippen LogP) is 2.09. The van der Waals surface area contributed by atoms with Gasteiger partial charge in [-0.15, -0.1) is 0 Å². The molecule has 0 aromatic heterocycles. The van der Waals surface area contributed by atoms with Crippen molar-refractivity contribution >= 4 is 0 Å². The molecule has 2 fully saturated rings. The molecule has 14 heavy (non-hydrogen) atoms. The molecular formula is C12H22O2. The highest BCUT2D eigenvalue weighted by Gasteiger charge is 2.48. The third-order valence-corrected chi connectivity index (χ3v) is 4.32. The van der Waals surface area contributed by atoms with Crippen LogP contribution in [0.1, 0.15) is 51.9 Å². The van der Waals surface area contributed by atoms with Gasteiger partial charge in [0.05, 0.1) is 12.2 Å². The minimum absolute atomic E-state index is 0.0972. The summed E-state index contributed by atoms with van der Waals surface area (Å²) in [5.41, 5.74) is 0.184. The first-order valence-corrected chi connectivity index (χ1v) is 6.00. The first-order chi connectivity index (χ1) is 6.64. The zero-order valence-electron chi connectivity index (χ0n) is 9.08. The monoisotopic (exact) mass is 198 g/mol. The largest absolute Gasteiger partial charge is 0.393 e. The molecule has 2 nitrogen and oxygen atoms in total. The lowest BCUT2D eigenvalue weighted by Crippen LogP contribution is -2.30. The Hall–Kier alpha value is -0.0800. The molecule has 0 heterocycles. The van der Waals surface area contributed by atoms with E-state index in [4.69, 9.17) is 0 Å². The van der Waals surface area contributed by atoms with E-state index in [-0.39, 0.29) is 17.6 Å². The van der Waals surface area contributed by atoms with Crippen LogP contribution in [-0.2, 0) is 0 Å². The van der Waals surface area contributed by atoms with E-state index < -0.39 is 0 Å². The maximum Gasteiger partial charge on any atom is 0.0568 e. The molecule has 0 aromatic rings. The van der Waals surface area contributed by atoms with Gasteiger partial charge in [0.2, 0.25) is 0 Å². The second-order valence-corrected chi connectivity index (χ2v) is 5.35. The van der Waals surface area contributed by atoms with E-state index in [1.807, 2.05) is 6.92 Å². The van der Waals surface area contributed by atoms with Crippen molar-refractivity contribution < 1.29 is 10.2 Å². The van der Waals surface area contributed by atoms with E-state index in [0.29, 0.717) is 5.92 Å². The van der Waals surface area contributed by atoms with E-state index in [1.165, 1.54) is 12.8 Å². The van der Waals surface area contributed by atoms with Gasteiger partial charge in [0.15, 0.2) is 0 Å². The van der Waals surface area contributed by atoms with Gasteiger partial charge in [-0.1, -0.05) is 12.8 Å². The van der Waals surface area contributed by atoms with Gasteiger partial charge in [-0.05, 0) is 50.4 Å². The van der Waals surface area contributed by atoms with Crippen molar-refractivity contribution in [3.8, 4) is 0 Å². The van der Waals surface area contributed by atoms with Crippen molar-refractivity contribution in [1.82, 2.24) is 0 Å². The van der Waals surface area contributed by atoms with Crippen molar-refractivity contribution in [3.05, 3.63) is 0 Å². The van der Waals surface area contributed by atoms with Crippen LogP contribution in [0.5, 0.6) is 0 Å². The fourth-order valence-corrected chi connectivity index (χ4v) is 2.90. The maximum atomic E-state index is 9.86. The zero-order valence-corrected chi connectivity index (χ0v) is 9.08. The molecule has 0 saturated heterocycles. The van der Waals surface area contributed by atoms with Crippen LogP contribution in [-0.4, -0.2) is 22.4 Å². The Morgan fingerprint density at radius 1 is 1.29 bits per heavy atom. The van der Waals surface area contributed by atoms with E-state index in [9.17, 15) is 10.2 Å². The highest BCUT2D eigenvalue weighted by Crippen LogP contribution is 2.54. The maximum absolute atomic E-state index is 9.86. The van der Waals surface area contributed by atoms with Gasteiger partial charge in [-0.25, -0.2) is 0 Å². The quantitative estimate of drug-likeness (QED) is 0.729. The van der Waals surface area contributed by atoms with Gasteiger partial charge in [0.25, 0.3) is 0 Å². The van der Waals surface area contributed by atoms with Gasteiger partial charge in [-0.3, -0.25) is 0 Å². The molecule has 0 amide bonds. The van der Waals surface area contributed by atoms with Crippen molar-refractivity contribution in [1.29, 1.82) is 0 Å². The molecule has 0 aromatic carbocycles. The SMILES string of the molecule is CC(O)C1(CC2CCCCC2O)CC1. The third kappa shape index (κ3) is 1.96. The summed E-state index contributed by atoms with van der Waals surface area (Å²) in [5.74, 6) is 0.459. The van der Waals surface area contributed by atoms with E-state index in [1.54, 1.807) is 0 Å². The molecule has 2 saturated carbocycles. The summed E-state index contributed by atoms with van der Waals surface area (Å²) in [6, 6.07) is 0. The van der Waals surface area contributed by atoms with Crippen molar-refractivity contribution in [2.24, 2.45) is 11.3 Å². The number of hydrogen-bond donors (Lipinski definition) is 2. The summed E-state index contributed by atoms with van der Waals surface area (Å²) < 4.78 is 0. The van der Waals surface area contributed by atoms with E-state index in [2.05, 4.69) is 0 Å². The second-order valence-electron chi connectivity index (χ2n) is 5.35. The molecule has 2 aliphatic carbocycles. The Balaban J connectivity index is 1.89. The van der Waals surface area contributed by atoms with Crippen LogP contribution < -0.4 is 0 Å². The molecule has 3 unspecified atom stereocenters. The standard InChI is InChI=1S/C12H22O2/c1-9(13)12(6-7-12)8-10-4-2-3-5-11(10)14/h9-11,13-14H,2-8H2,1H3. The van der Waals surface area contributed by atoms with Crippen molar-refractivity contribution in [3.63, 3.8) is 0 Å². The van der Waals surface area contributed by atoms with Crippen molar-refractivity contribution in [2.45, 2.75) is 64.1 Å². The van der Waals surface area contributed by atoms with Crippen LogP contribution in [0.3, 0.4) is 0 Å². The Kier molecular flexibility index (Phi) is 2.85. The molecule has 0 radical (unpaired) electrons. The number of rotatable bonds is 3. The van der Waals surface area contributed by atoms with Gasteiger partial charge in [0.1, 0.15) is 0 Å². The lowest BCUT2D eigenvalue weighted by atomic mass is 9.78. The Morgan fingerprint density at radius 3 is 2.43 bits per heavy atom. The molecule has 2 heteroatoms. The lowest BCUT2D eigenvalue weighted by molar-refractivity contribution is 0.0258. The predicted molar refractivity (Wildman–Crippen MR) is 55.9 cm³/mol. The van der Waals surface area contributed by atoms with Gasteiger partial charge < -0.3 is 10.2 Å². The smallest absolute Gasteiger partial charge is 0.0568 e. The van der Waals surface area contributed by atoms with Crippen LogP contribution in [0.25, 0.3) is 0 Å². The Labute approximate surface area is 86.3 Å². The van der Waals surface area contributed by atoms with Crippen LogP contribution in [0.4, 0.5) is 0 Å². The summed E-state index contributed by atoms with van der Waals surface area (Å²) in [6.07, 6.45) is 7.66. The fourth-order valence-electron chi connectivity index (χ4n) is 2.90. The summed E-state index contributed by atoms with van der Waals surface area (Å²) in [7, 11) is 0. The second kappa shape index (κ2) is 3.82. The minimum Gasteiger partial charge on any atom is -0.393 e. The highest BCUT2D eigenvalue weighted by molar-refractivity contribution is 4.99. The number of hydrogen-bond acceptors (Lipinski definition) is 2. The van der Waals surface area contributed by atoms with E-state index >= 15 is 0 Å². The van der Waals surface area contributed by atoms with Crippen LogP contribution in [0, 0.1) is 11.3 Å². The number of aliphatic hydroxyl groups is 2. The van der Waals surface area contributed by atoms with E-state index in [0.717, 1.165) is 32.1 Å². The normalized spacial score (nSPS) is 37.9. The van der Waals surface area contributed by atoms with Gasteiger partial charge >= 0.3 is 0 Å². The molecule has 0 bridgehead atoms. The first-order valence-electron chi connectivity index (χ1n) is 6.00. The summed E-state index contributed by atoms with van der Waals surface area (Å²) in [6.45, 7) is 1.90. The first kappa shape index (κ1) is 10.4. The Morgan fingerprint density at radius 2 is 1.93 bits per heavy atom. The van der Waals surface area contributed by atoms with Crippen LogP contribution in [0.2, 0.25) is 0 Å². The highest BCUT2D eigenvalue weighted by atomic mass is 16.3. The van der Waals surface area contributed by atoms with Gasteiger partial charge in [0, 0.05) is 0 Å². The van der Waals surface area contributed by atoms with Crippen LogP contribution in [0.15, 0.2) is 0 Å². The van der Waals surface area contributed by atoms with Crippen LogP contribution >= 0.6 is 0 Å². The molecule has 2 aliphatic rings. The molecule has 2 N–H and O–H groups in total. The topological polar surface area (TPSA) is 40.5 Å². The molecule has 82 valence electrons. The molecule has 0 spiro atoms. The molecule has 3 atom stereocenters. The molecule has 0 aliphatic heterocycles. The fraction of sp³-hybridized carbons (Fsp3) is 1.00. The van der Waals surface area contributed by atoms with Crippen molar-refractivity contribution in [2.75, 3.05) is 0 Å². The number of aliphatic hydroxyl groups excluding tert-OH is 2. The average molecular weight is 198 g/mol. The minimum atomic E-state index is -0.184.